The molecule has 30 heavy (non-hydrogen) atoms. The number of amides is 1. The van der Waals surface area contributed by atoms with Crippen LogP contribution in [0.4, 0.5) is 5.82 Å². The van der Waals surface area contributed by atoms with E-state index in [1.54, 1.807) is 18.0 Å². The summed E-state index contributed by atoms with van der Waals surface area (Å²) >= 11 is 12.4. The highest BCUT2D eigenvalue weighted by molar-refractivity contribution is 6.33. The van der Waals surface area contributed by atoms with Crippen LogP contribution in [-0.4, -0.2) is 34.6 Å². The molecule has 1 unspecified atom stereocenters. The van der Waals surface area contributed by atoms with Crippen molar-refractivity contribution < 1.29 is 14.4 Å². The Morgan fingerprint density at radius 1 is 1.20 bits per heavy atom. The molecule has 0 radical (unpaired) electrons. The highest BCUT2D eigenvalue weighted by atomic mass is 35.5. The fourth-order valence-electron chi connectivity index (χ4n) is 3.03. The molecule has 1 aliphatic rings. The number of nitrogens with one attached hydrogen (secondary N) is 1. The Labute approximate surface area is 183 Å². The summed E-state index contributed by atoms with van der Waals surface area (Å²) in [6.07, 6.45) is 1.22. The quantitative estimate of drug-likeness (QED) is 0.611. The summed E-state index contributed by atoms with van der Waals surface area (Å²) in [5, 5.41) is 12.1. The molecule has 7 nitrogen and oxygen atoms in total. The average Bonchev–Trinajstić information content (AvgIpc) is 3.37. The fraction of sp³-hybridized carbons (Fsp3) is 0.190. The number of rotatable bonds is 6. The molecule has 3 aromatic rings. The Balaban J connectivity index is 1.38. The van der Waals surface area contributed by atoms with Gasteiger partial charge in [0.15, 0.2) is 5.82 Å². The third-order valence-corrected chi connectivity index (χ3v) is 5.28. The van der Waals surface area contributed by atoms with Gasteiger partial charge in [0.25, 0.3) is 5.91 Å². The van der Waals surface area contributed by atoms with E-state index in [1.165, 1.54) is 0 Å². The van der Waals surface area contributed by atoms with Gasteiger partial charge in [0.2, 0.25) is 6.10 Å². The van der Waals surface area contributed by atoms with E-state index in [0.717, 1.165) is 16.9 Å². The third kappa shape index (κ3) is 4.42. The number of hydrogen-bond donors (Lipinski definition) is 1. The lowest BCUT2D eigenvalue weighted by Gasteiger charge is -2.08. The number of anilines is 1. The van der Waals surface area contributed by atoms with Crippen molar-refractivity contribution in [1.29, 1.82) is 0 Å². The van der Waals surface area contributed by atoms with Gasteiger partial charge < -0.3 is 14.9 Å². The number of methoxy groups -OCH3 is 1. The van der Waals surface area contributed by atoms with Gasteiger partial charge in [0, 0.05) is 17.6 Å². The first-order valence-electron chi connectivity index (χ1n) is 9.18. The van der Waals surface area contributed by atoms with Gasteiger partial charge >= 0.3 is 0 Å². The van der Waals surface area contributed by atoms with Crippen LogP contribution >= 0.6 is 23.2 Å². The molecule has 1 amide bonds. The summed E-state index contributed by atoms with van der Waals surface area (Å²) in [6.45, 7) is 0.430. The monoisotopic (exact) mass is 444 g/mol. The molecule has 1 aromatic heterocycles. The maximum absolute atomic E-state index is 12.6. The summed E-state index contributed by atoms with van der Waals surface area (Å²) in [7, 11) is 1.60. The number of benzene rings is 2. The molecule has 9 heteroatoms. The first-order chi connectivity index (χ1) is 14.5. The van der Waals surface area contributed by atoms with E-state index in [4.69, 9.17) is 32.8 Å². The van der Waals surface area contributed by atoms with Crippen molar-refractivity contribution in [3.8, 4) is 5.75 Å². The molecule has 0 bridgehead atoms. The number of aromatic nitrogens is 2. The smallest absolute Gasteiger partial charge is 0.269 e. The standard InChI is InChI=1S/C21H18Cl2N4O3/c1-29-15-8-6-13(7-9-15)18-10-19(30-26-18)21(28)24-20-17(23)12-27(25-20)11-14-4-2-3-5-16(14)22/h2-9,12,19H,10-11H2,1H3,(H,24,25,28). The summed E-state index contributed by atoms with van der Waals surface area (Å²) in [4.78, 5) is 17.9. The molecule has 0 saturated heterocycles. The minimum Gasteiger partial charge on any atom is -0.497 e. The van der Waals surface area contributed by atoms with E-state index in [2.05, 4.69) is 15.6 Å². The van der Waals surface area contributed by atoms with Crippen LogP contribution in [-0.2, 0) is 16.2 Å². The number of ether oxygens (including phenoxy) is 1. The van der Waals surface area contributed by atoms with Gasteiger partial charge in [-0.25, -0.2) is 0 Å². The van der Waals surface area contributed by atoms with Gasteiger partial charge in [-0.05, 0) is 41.5 Å². The van der Waals surface area contributed by atoms with Crippen LogP contribution in [0.2, 0.25) is 10.0 Å². The Hall–Kier alpha value is -3.03. The minimum absolute atomic E-state index is 0.259. The van der Waals surface area contributed by atoms with Crippen LogP contribution in [0.3, 0.4) is 0 Å². The number of oxime groups is 1. The van der Waals surface area contributed by atoms with Crippen molar-refractivity contribution in [1.82, 2.24) is 9.78 Å². The molecule has 0 saturated carbocycles. The van der Waals surface area contributed by atoms with Gasteiger partial charge in [-0.2, -0.15) is 5.10 Å². The van der Waals surface area contributed by atoms with E-state index in [-0.39, 0.29) is 11.7 Å². The van der Waals surface area contributed by atoms with Gasteiger partial charge in [-0.1, -0.05) is 46.6 Å². The number of hydrogen-bond acceptors (Lipinski definition) is 5. The average molecular weight is 445 g/mol. The van der Waals surface area contributed by atoms with Crippen molar-refractivity contribution in [3.05, 3.63) is 75.9 Å². The normalized spacial score (nSPS) is 15.4. The van der Waals surface area contributed by atoms with Crippen molar-refractivity contribution in [2.24, 2.45) is 5.16 Å². The second-order valence-electron chi connectivity index (χ2n) is 6.67. The Bertz CT molecular complexity index is 1100. The first kappa shape index (κ1) is 20.3. The van der Waals surface area contributed by atoms with Crippen LogP contribution in [0.1, 0.15) is 17.5 Å². The summed E-state index contributed by atoms with van der Waals surface area (Å²) in [6, 6.07) is 14.9. The maximum Gasteiger partial charge on any atom is 0.269 e. The molecule has 1 aliphatic heterocycles. The fourth-order valence-corrected chi connectivity index (χ4v) is 3.43. The topological polar surface area (TPSA) is 77.7 Å². The molecule has 0 fully saturated rings. The second-order valence-corrected chi connectivity index (χ2v) is 7.48. The number of carbonyl (C=O) groups is 1. The maximum atomic E-state index is 12.6. The summed E-state index contributed by atoms with van der Waals surface area (Å²) < 4.78 is 6.77. The zero-order valence-corrected chi connectivity index (χ0v) is 17.5. The number of carbonyl (C=O) groups excluding carboxylic acids is 1. The first-order valence-corrected chi connectivity index (χ1v) is 9.93. The van der Waals surface area contributed by atoms with Crippen molar-refractivity contribution in [3.63, 3.8) is 0 Å². The predicted molar refractivity (Wildman–Crippen MR) is 115 cm³/mol. The van der Waals surface area contributed by atoms with Crippen LogP contribution in [0.5, 0.6) is 5.75 Å². The molecule has 0 aliphatic carbocycles. The van der Waals surface area contributed by atoms with E-state index in [0.29, 0.717) is 28.7 Å². The number of halogens is 2. The molecule has 1 N–H and O–H groups in total. The summed E-state index contributed by atoms with van der Waals surface area (Å²) in [5.74, 6) is 0.636. The highest BCUT2D eigenvalue weighted by Crippen LogP contribution is 2.24. The molecular weight excluding hydrogens is 427 g/mol. The third-order valence-electron chi connectivity index (χ3n) is 4.63. The van der Waals surface area contributed by atoms with Crippen molar-refractivity contribution in [2.45, 2.75) is 19.1 Å². The van der Waals surface area contributed by atoms with Crippen LogP contribution < -0.4 is 10.1 Å². The Kier molecular flexibility index (Phi) is 5.92. The van der Waals surface area contributed by atoms with Crippen LogP contribution in [0, 0.1) is 0 Å². The molecule has 0 spiro atoms. The largest absolute Gasteiger partial charge is 0.497 e. The lowest BCUT2D eigenvalue weighted by atomic mass is 10.0. The van der Waals surface area contributed by atoms with Crippen LogP contribution in [0.15, 0.2) is 59.9 Å². The SMILES string of the molecule is COc1ccc(C2=NOC(C(=O)Nc3nn(Cc4ccccc4Cl)cc3Cl)C2)cc1. The second kappa shape index (κ2) is 8.77. The summed E-state index contributed by atoms with van der Waals surface area (Å²) in [5.41, 5.74) is 2.45. The predicted octanol–water partition coefficient (Wildman–Crippen LogP) is 4.38. The van der Waals surface area contributed by atoms with E-state index in [9.17, 15) is 4.79 Å². The zero-order chi connectivity index (χ0) is 21.1. The Morgan fingerprint density at radius 2 is 1.97 bits per heavy atom. The molecule has 2 heterocycles. The minimum atomic E-state index is -0.758. The van der Waals surface area contributed by atoms with Crippen molar-refractivity contribution >= 4 is 40.6 Å². The lowest BCUT2D eigenvalue weighted by Crippen LogP contribution is -2.28. The zero-order valence-electron chi connectivity index (χ0n) is 16.0. The molecule has 154 valence electrons. The van der Waals surface area contributed by atoms with Gasteiger partial charge in [0.05, 0.1) is 19.4 Å². The Morgan fingerprint density at radius 3 is 2.70 bits per heavy atom. The van der Waals surface area contributed by atoms with Gasteiger partial charge in [-0.3, -0.25) is 9.48 Å². The van der Waals surface area contributed by atoms with Crippen molar-refractivity contribution in [2.75, 3.05) is 12.4 Å². The van der Waals surface area contributed by atoms with Gasteiger partial charge in [0.1, 0.15) is 10.8 Å². The molecular formula is C21H18Cl2N4O3. The number of nitrogens with zero attached hydrogens (tertiary/aromatic N) is 3. The van der Waals surface area contributed by atoms with E-state index >= 15 is 0 Å². The van der Waals surface area contributed by atoms with E-state index in [1.807, 2.05) is 48.5 Å². The molecule has 2 aromatic carbocycles. The van der Waals surface area contributed by atoms with Gasteiger partial charge in [-0.15, -0.1) is 0 Å². The van der Waals surface area contributed by atoms with Crippen LogP contribution in [0.25, 0.3) is 0 Å². The highest BCUT2D eigenvalue weighted by Gasteiger charge is 2.30. The lowest BCUT2D eigenvalue weighted by molar-refractivity contribution is -0.125. The van der Waals surface area contributed by atoms with E-state index < -0.39 is 6.10 Å². The molecule has 4 rings (SSSR count). The molecule has 1 atom stereocenters.